The van der Waals surface area contributed by atoms with Crippen LogP contribution in [0.1, 0.15) is 41.5 Å². The Balaban J connectivity index is 2.95. The Bertz CT molecular complexity index is 359. The van der Waals surface area contributed by atoms with E-state index in [9.17, 15) is 4.79 Å². The summed E-state index contributed by atoms with van der Waals surface area (Å²) in [5.41, 5.74) is 2.78. The number of carbonyl (C=O) groups excluding carboxylic acids is 1. The Hall–Kier alpha value is -1.12. The smallest absolute Gasteiger partial charge is 0.353 e. The van der Waals surface area contributed by atoms with E-state index in [-0.39, 0.29) is 17.3 Å². The molecule has 0 unspecified atom stereocenters. The molecule has 1 atom stereocenters. The van der Waals surface area contributed by atoms with Gasteiger partial charge in [-0.15, -0.1) is 0 Å². The molecule has 90 valence electrons. The van der Waals surface area contributed by atoms with E-state index >= 15 is 0 Å². The van der Waals surface area contributed by atoms with E-state index < -0.39 is 0 Å². The highest BCUT2D eigenvalue weighted by atomic mass is 16.5. The zero-order valence-electron chi connectivity index (χ0n) is 11.0. The van der Waals surface area contributed by atoms with Crippen LogP contribution < -0.4 is 0 Å². The minimum atomic E-state index is -0.284. The van der Waals surface area contributed by atoms with Crippen molar-refractivity contribution in [1.29, 1.82) is 0 Å². The van der Waals surface area contributed by atoms with Crippen LogP contribution >= 0.6 is 0 Å². The number of ether oxygens (including phenoxy) is 1. The highest BCUT2D eigenvalue weighted by Crippen LogP contribution is 2.39. The molecule has 1 aliphatic rings. The first-order valence-electron chi connectivity index (χ1n) is 5.76. The maximum absolute atomic E-state index is 11.7. The fraction of sp³-hybridized carbons (Fsp3) is 0.692. The molecule has 0 saturated heterocycles. The van der Waals surface area contributed by atoms with Crippen LogP contribution in [0.15, 0.2) is 16.3 Å². The van der Waals surface area contributed by atoms with Gasteiger partial charge >= 0.3 is 5.97 Å². The molecule has 0 amide bonds. The summed E-state index contributed by atoms with van der Waals surface area (Å²) in [5, 5.41) is 0. The maximum atomic E-state index is 11.7. The normalized spacial score (nSPS) is 21.1. The van der Waals surface area contributed by atoms with Gasteiger partial charge < -0.3 is 4.74 Å². The van der Waals surface area contributed by atoms with Crippen LogP contribution in [0.5, 0.6) is 0 Å². The number of rotatable bonds is 2. The molecule has 3 heteroatoms. The van der Waals surface area contributed by atoms with Gasteiger partial charge in [0, 0.05) is 11.6 Å². The fourth-order valence-electron chi connectivity index (χ4n) is 2.41. The second kappa shape index (κ2) is 4.40. The number of hydrogen-bond acceptors (Lipinski definition) is 3. The third-order valence-corrected chi connectivity index (χ3v) is 2.81. The summed E-state index contributed by atoms with van der Waals surface area (Å²) in [7, 11) is 0. The number of carbonyl (C=O) groups is 1. The lowest BCUT2D eigenvalue weighted by Gasteiger charge is -2.25. The summed E-state index contributed by atoms with van der Waals surface area (Å²) < 4.78 is 5.01. The summed E-state index contributed by atoms with van der Waals surface area (Å²) in [6, 6.07) is 0. The van der Waals surface area contributed by atoms with Crippen LogP contribution in [0.25, 0.3) is 0 Å². The highest BCUT2D eigenvalue weighted by Gasteiger charge is 2.35. The van der Waals surface area contributed by atoms with Crippen LogP contribution in [-0.4, -0.2) is 18.3 Å². The molecule has 0 fully saturated rings. The number of aliphatic imine (C=N–C) groups is 1. The van der Waals surface area contributed by atoms with E-state index in [1.165, 1.54) is 5.57 Å². The number of nitrogens with zero attached hydrogens (tertiary/aromatic N) is 1. The molecule has 3 nitrogen and oxygen atoms in total. The van der Waals surface area contributed by atoms with E-state index in [1.54, 1.807) is 0 Å². The average molecular weight is 223 g/mol. The van der Waals surface area contributed by atoms with Crippen molar-refractivity contribution in [2.75, 3.05) is 6.61 Å². The SMILES string of the molecule is CCOC(=O)C1=NC(C)=C(C(C)(C)C)[C@H]1C. The molecule has 0 aromatic carbocycles. The molecule has 1 aliphatic heterocycles. The van der Waals surface area contributed by atoms with E-state index in [4.69, 9.17) is 4.74 Å². The summed E-state index contributed by atoms with van der Waals surface area (Å²) in [6.45, 7) is 12.6. The number of allylic oxidation sites excluding steroid dienone is 2. The molecule has 1 heterocycles. The Morgan fingerprint density at radius 3 is 2.38 bits per heavy atom. The van der Waals surface area contributed by atoms with Crippen molar-refractivity contribution in [1.82, 2.24) is 0 Å². The minimum absolute atomic E-state index is 0.0429. The van der Waals surface area contributed by atoms with Crippen LogP contribution in [0.2, 0.25) is 0 Å². The van der Waals surface area contributed by atoms with Crippen LogP contribution in [0.3, 0.4) is 0 Å². The molecule has 0 saturated carbocycles. The van der Waals surface area contributed by atoms with Gasteiger partial charge in [0.2, 0.25) is 0 Å². The quantitative estimate of drug-likeness (QED) is 0.675. The Morgan fingerprint density at radius 1 is 1.44 bits per heavy atom. The standard InChI is InChI=1S/C13H21NO2/c1-7-16-12(15)11-8(2)10(9(3)14-11)13(4,5)6/h8H,7H2,1-6H3/t8-/m1/s1. The molecule has 0 aromatic rings. The van der Waals surface area contributed by atoms with Crippen molar-refractivity contribution in [2.24, 2.45) is 16.3 Å². The molecule has 0 spiro atoms. The van der Waals surface area contributed by atoms with Crippen molar-refractivity contribution in [3.05, 3.63) is 11.3 Å². The van der Waals surface area contributed by atoms with Gasteiger partial charge in [-0.25, -0.2) is 9.79 Å². The van der Waals surface area contributed by atoms with Crippen LogP contribution in [-0.2, 0) is 9.53 Å². The predicted octanol–water partition coefficient (Wildman–Crippen LogP) is 2.96. The van der Waals surface area contributed by atoms with Crippen molar-refractivity contribution >= 4 is 11.7 Å². The zero-order chi connectivity index (χ0) is 12.5. The fourth-order valence-corrected chi connectivity index (χ4v) is 2.41. The summed E-state index contributed by atoms with van der Waals surface area (Å²) in [6.07, 6.45) is 0. The van der Waals surface area contributed by atoms with Crippen molar-refractivity contribution in [3.8, 4) is 0 Å². The van der Waals surface area contributed by atoms with E-state index in [1.807, 2.05) is 20.8 Å². The Labute approximate surface area is 97.6 Å². The van der Waals surface area contributed by atoms with E-state index in [0.29, 0.717) is 12.3 Å². The van der Waals surface area contributed by atoms with Gasteiger partial charge in [-0.1, -0.05) is 27.7 Å². The molecule has 0 N–H and O–H groups in total. The second-order valence-electron chi connectivity index (χ2n) is 5.19. The number of hydrogen-bond donors (Lipinski definition) is 0. The Kier molecular flexibility index (Phi) is 3.56. The van der Waals surface area contributed by atoms with Crippen molar-refractivity contribution < 1.29 is 9.53 Å². The first kappa shape index (κ1) is 12.9. The van der Waals surface area contributed by atoms with Gasteiger partial charge in [-0.3, -0.25) is 0 Å². The van der Waals surface area contributed by atoms with Gasteiger partial charge in [-0.2, -0.15) is 0 Å². The van der Waals surface area contributed by atoms with Gasteiger partial charge in [0.25, 0.3) is 0 Å². The summed E-state index contributed by atoms with van der Waals surface area (Å²) >= 11 is 0. The zero-order valence-corrected chi connectivity index (χ0v) is 11.0. The molecule has 0 bridgehead atoms. The third-order valence-electron chi connectivity index (χ3n) is 2.81. The third kappa shape index (κ3) is 2.34. The summed E-state index contributed by atoms with van der Waals surface area (Å²) in [4.78, 5) is 16.1. The molecule has 0 aromatic heterocycles. The molecule has 0 radical (unpaired) electrons. The molecule has 0 aliphatic carbocycles. The minimum Gasteiger partial charge on any atom is -0.461 e. The lowest BCUT2D eigenvalue weighted by atomic mass is 9.78. The first-order chi connectivity index (χ1) is 7.29. The topological polar surface area (TPSA) is 38.7 Å². The van der Waals surface area contributed by atoms with Crippen LogP contribution in [0, 0.1) is 11.3 Å². The largest absolute Gasteiger partial charge is 0.461 e. The maximum Gasteiger partial charge on any atom is 0.353 e. The highest BCUT2D eigenvalue weighted by molar-refractivity contribution is 6.38. The lowest BCUT2D eigenvalue weighted by molar-refractivity contribution is -0.135. The van der Waals surface area contributed by atoms with Crippen molar-refractivity contribution in [3.63, 3.8) is 0 Å². The molecular weight excluding hydrogens is 202 g/mol. The average Bonchev–Trinajstić information content (AvgIpc) is 2.41. The van der Waals surface area contributed by atoms with Gasteiger partial charge in [0.15, 0.2) is 0 Å². The van der Waals surface area contributed by atoms with E-state index in [0.717, 1.165) is 5.70 Å². The number of esters is 1. The predicted molar refractivity (Wildman–Crippen MR) is 65.4 cm³/mol. The van der Waals surface area contributed by atoms with Gasteiger partial charge in [0.05, 0.1) is 6.61 Å². The molecular formula is C13H21NO2. The van der Waals surface area contributed by atoms with E-state index in [2.05, 4.69) is 25.8 Å². The second-order valence-corrected chi connectivity index (χ2v) is 5.19. The van der Waals surface area contributed by atoms with Gasteiger partial charge in [0.1, 0.15) is 5.71 Å². The lowest BCUT2D eigenvalue weighted by Crippen LogP contribution is -2.26. The Morgan fingerprint density at radius 2 is 2.00 bits per heavy atom. The monoisotopic (exact) mass is 223 g/mol. The molecule has 1 rings (SSSR count). The summed E-state index contributed by atoms with van der Waals surface area (Å²) in [5.74, 6) is -0.215. The van der Waals surface area contributed by atoms with Gasteiger partial charge in [-0.05, 0) is 24.8 Å². The first-order valence-corrected chi connectivity index (χ1v) is 5.76. The molecule has 16 heavy (non-hydrogen) atoms. The van der Waals surface area contributed by atoms with Crippen molar-refractivity contribution in [2.45, 2.75) is 41.5 Å². The van der Waals surface area contributed by atoms with Crippen LogP contribution in [0.4, 0.5) is 0 Å².